The fourth-order valence-electron chi connectivity index (χ4n) is 9.90. The van der Waals surface area contributed by atoms with Gasteiger partial charge in [0.25, 0.3) is 0 Å². The van der Waals surface area contributed by atoms with Gasteiger partial charge in [0.2, 0.25) is 0 Å². The van der Waals surface area contributed by atoms with Crippen molar-refractivity contribution < 1.29 is 80.2 Å². The molecular weight excluding hydrogens is 1130 g/mol. The SMILES string of the molecule is CCCCCCCCCCCCCCCCCCCC(=O)O[C@H](COC(=O)CCCCCCCCCCC(C)CC)COP(=O)(O)OC[C@@H](O)COP(=O)(O)OC[C@@H](COC(=O)CCCCCCC)OC(=O)CCCCCCCCCCCCC. The maximum Gasteiger partial charge on any atom is 0.472 e. The van der Waals surface area contributed by atoms with Crippen LogP contribution in [0, 0.1) is 5.92 Å². The molecule has 19 heteroatoms. The molecule has 85 heavy (non-hydrogen) atoms. The van der Waals surface area contributed by atoms with E-state index in [9.17, 15) is 43.2 Å². The number of ether oxygens (including phenoxy) is 4. The van der Waals surface area contributed by atoms with Crippen LogP contribution in [0.15, 0.2) is 0 Å². The summed E-state index contributed by atoms with van der Waals surface area (Å²) in [5.74, 6) is -1.36. The number of unbranched alkanes of at least 4 members (excludes halogenated alkanes) is 37. The van der Waals surface area contributed by atoms with Crippen molar-refractivity contribution in [2.75, 3.05) is 39.6 Å². The molecule has 0 rings (SSSR count). The van der Waals surface area contributed by atoms with Gasteiger partial charge in [0.1, 0.15) is 19.3 Å². The number of aliphatic hydroxyl groups is 1. The average molecular weight is 1260 g/mol. The lowest BCUT2D eigenvalue weighted by Gasteiger charge is -2.21. The van der Waals surface area contributed by atoms with E-state index < -0.39 is 97.5 Å². The number of phosphoric ester groups is 2. The monoisotopic (exact) mass is 1250 g/mol. The molecule has 0 heterocycles. The van der Waals surface area contributed by atoms with E-state index in [2.05, 4.69) is 34.6 Å². The van der Waals surface area contributed by atoms with Crippen LogP contribution < -0.4 is 0 Å². The zero-order valence-corrected chi connectivity index (χ0v) is 56.5. The first-order valence-electron chi connectivity index (χ1n) is 34.7. The van der Waals surface area contributed by atoms with Crippen molar-refractivity contribution in [2.45, 2.75) is 355 Å². The van der Waals surface area contributed by atoms with Gasteiger partial charge in [-0.3, -0.25) is 37.3 Å². The molecule has 3 unspecified atom stereocenters. The van der Waals surface area contributed by atoms with Gasteiger partial charge in [-0.25, -0.2) is 9.13 Å². The van der Waals surface area contributed by atoms with E-state index in [0.29, 0.717) is 25.7 Å². The fraction of sp³-hybridized carbons (Fsp3) is 0.939. The molecule has 0 spiro atoms. The predicted molar refractivity (Wildman–Crippen MR) is 340 cm³/mol. The summed E-state index contributed by atoms with van der Waals surface area (Å²) in [6, 6.07) is 0. The number of aliphatic hydroxyl groups excluding tert-OH is 1. The highest BCUT2D eigenvalue weighted by Gasteiger charge is 2.30. The fourth-order valence-corrected chi connectivity index (χ4v) is 11.5. The molecule has 504 valence electrons. The van der Waals surface area contributed by atoms with Gasteiger partial charge in [0.05, 0.1) is 26.4 Å². The minimum atomic E-state index is -4.95. The number of phosphoric acid groups is 2. The van der Waals surface area contributed by atoms with Crippen molar-refractivity contribution >= 4 is 39.5 Å². The Hall–Kier alpha value is -1.94. The molecule has 0 aromatic heterocycles. The first-order chi connectivity index (χ1) is 41.1. The molecule has 0 aliphatic heterocycles. The number of carbonyl (C=O) groups is 4. The van der Waals surface area contributed by atoms with Gasteiger partial charge >= 0.3 is 39.5 Å². The zero-order valence-electron chi connectivity index (χ0n) is 54.7. The van der Waals surface area contributed by atoms with E-state index in [1.807, 2.05) is 0 Å². The Labute approximate surface area is 517 Å². The third kappa shape index (κ3) is 59.5. The smallest absolute Gasteiger partial charge is 0.462 e. The molecule has 0 bridgehead atoms. The first kappa shape index (κ1) is 83.1. The molecule has 17 nitrogen and oxygen atoms in total. The van der Waals surface area contributed by atoms with Crippen molar-refractivity contribution in [3.05, 3.63) is 0 Å². The van der Waals surface area contributed by atoms with Crippen molar-refractivity contribution in [3.63, 3.8) is 0 Å². The molecule has 0 saturated heterocycles. The molecule has 6 atom stereocenters. The molecule has 0 aromatic rings. The van der Waals surface area contributed by atoms with Crippen LogP contribution in [-0.4, -0.2) is 96.7 Å². The van der Waals surface area contributed by atoms with Crippen LogP contribution in [0.5, 0.6) is 0 Å². The van der Waals surface area contributed by atoms with Gasteiger partial charge in [-0.15, -0.1) is 0 Å². The number of esters is 4. The normalized spacial score (nSPS) is 14.5. The lowest BCUT2D eigenvalue weighted by Crippen LogP contribution is -2.30. The van der Waals surface area contributed by atoms with Crippen LogP contribution in [0.1, 0.15) is 336 Å². The summed E-state index contributed by atoms with van der Waals surface area (Å²) in [7, 11) is -9.88. The second-order valence-electron chi connectivity index (χ2n) is 24.1. The highest BCUT2D eigenvalue weighted by molar-refractivity contribution is 7.47. The number of carbonyl (C=O) groups excluding carboxylic acids is 4. The molecule has 0 saturated carbocycles. The topological polar surface area (TPSA) is 237 Å². The Morgan fingerprint density at radius 1 is 0.329 bits per heavy atom. The second kappa shape index (κ2) is 59.7. The quantitative estimate of drug-likeness (QED) is 0.0222. The van der Waals surface area contributed by atoms with Gasteiger partial charge in [0, 0.05) is 25.7 Å². The molecule has 0 aliphatic rings. The maximum atomic E-state index is 13.0. The standard InChI is InChI=1S/C66H128O17P2/c1-6-10-13-16-18-20-22-23-24-25-26-27-29-31-37-42-47-52-66(71)83-62(56-77-64(69)50-45-40-35-33-32-34-39-43-48-59(5)9-4)58-81-85(74,75)79-54-60(67)53-78-84(72,73)80-57-61(55-76-63(68)49-44-38-15-12-8-3)82-65(70)51-46-41-36-30-28-21-19-17-14-11-7-2/h59-62,67H,6-58H2,1-5H3,(H,72,73)(H,74,75)/t59?,60-,61+,62+/m0/s1. The van der Waals surface area contributed by atoms with Gasteiger partial charge < -0.3 is 33.8 Å². The Balaban J connectivity index is 5.16. The highest BCUT2D eigenvalue weighted by atomic mass is 31.2. The van der Waals surface area contributed by atoms with Crippen molar-refractivity contribution in [1.82, 2.24) is 0 Å². The number of hydrogen-bond acceptors (Lipinski definition) is 15. The van der Waals surface area contributed by atoms with E-state index >= 15 is 0 Å². The van der Waals surface area contributed by atoms with Gasteiger partial charge in [-0.2, -0.15) is 0 Å². The minimum Gasteiger partial charge on any atom is -0.462 e. The molecule has 0 amide bonds. The molecule has 0 aromatic carbocycles. The average Bonchev–Trinajstić information content (AvgIpc) is 3.55. The van der Waals surface area contributed by atoms with Crippen LogP contribution in [0.25, 0.3) is 0 Å². The second-order valence-corrected chi connectivity index (χ2v) is 27.0. The summed E-state index contributed by atoms with van der Waals surface area (Å²) < 4.78 is 67.9. The summed E-state index contributed by atoms with van der Waals surface area (Å²) in [5.41, 5.74) is 0. The molecule has 3 N–H and O–H groups in total. The largest absolute Gasteiger partial charge is 0.472 e. The third-order valence-electron chi connectivity index (χ3n) is 15.6. The summed E-state index contributed by atoms with van der Waals surface area (Å²) in [4.78, 5) is 72.1. The van der Waals surface area contributed by atoms with Gasteiger partial charge in [-0.05, 0) is 31.6 Å². The Morgan fingerprint density at radius 2 is 0.565 bits per heavy atom. The Kier molecular flexibility index (Phi) is 58.3. The summed E-state index contributed by atoms with van der Waals surface area (Å²) in [5, 5.41) is 10.5. The molecule has 0 fully saturated rings. The van der Waals surface area contributed by atoms with Crippen LogP contribution >= 0.6 is 15.6 Å². The van der Waals surface area contributed by atoms with Crippen LogP contribution in [-0.2, 0) is 65.4 Å². The Morgan fingerprint density at radius 3 is 0.835 bits per heavy atom. The first-order valence-corrected chi connectivity index (χ1v) is 37.7. The maximum absolute atomic E-state index is 13.0. The molecule has 0 radical (unpaired) electrons. The van der Waals surface area contributed by atoms with E-state index in [0.717, 1.165) is 102 Å². The number of rotatable bonds is 66. The zero-order chi connectivity index (χ0) is 62.8. The molecule has 0 aliphatic carbocycles. The minimum absolute atomic E-state index is 0.106. The van der Waals surface area contributed by atoms with E-state index in [-0.39, 0.29) is 25.7 Å². The van der Waals surface area contributed by atoms with Gasteiger partial charge in [0.15, 0.2) is 12.2 Å². The summed E-state index contributed by atoms with van der Waals surface area (Å²) in [6.07, 6.45) is 44.7. The summed E-state index contributed by atoms with van der Waals surface area (Å²) in [6.45, 7) is 7.13. The number of hydrogen-bond donors (Lipinski definition) is 3. The lowest BCUT2D eigenvalue weighted by molar-refractivity contribution is -0.161. The van der Waals surface area contributed by atoms with E-state index in [4.69, 9.17) is 37.0 Å². The van der Waals surface area contributed by atoms with Crippen LogP contribution in [0.4, 0.5) is 0 Å². The van der Waals surface area contributed by atoms with Crippen molar-refractivity contribution in [1.29, 1.82) is 0 Å². The predicted octanol–water partition coefficient (Wildman–Crippen LogP) is 18.6. The van der Waals surface area contributed by atoms with E-state index in [1.54, 1.807) is 0 Å². The highest BCUT2D eigenvalue weighted by Crippen LogP contribution is 2.45. The Bertz CT molecular complexity index is 1650. The van der Waals surface area contributed by atoms with E-state index in [1.165, 1.54) is 154 Å². The third-order valence-corrected chi connectivity index (χ3v) is 17.5. The van der Waals surface area contributed by atoms with Crippen molar-refractivity contribution in [3.8, 4) is 0 Å². The lowest BCUT2D eigenvalue weighted by atomic mass is 9.99. The van der Waals surface area contributed by atoms with Crippen molar-refractivity contribution in [2.24, 2.45) is 5.92 Å². The van der Waals surface area contributed by atoms with Crippen LogP contribution in [0.3, 0.4) is 0 Å². The van der Waals surface area contributed by atoms with Gasteiger partial charge in [-0.1, -0.05) is 285 Å². The molecular formula is C66H128O17P2. The summed E-state index contributed by atoms with van der Waals surface area (Å²) >= 11 is 0. The van der Waals surface area contributed by atoms with Crippen LogP contribution in [0.2, 0.25) is 0 Å².